The van der Waals surface area contributed by atoms with E-state index in [9.17, 15) is 4.79 Å². The molecule has 0 aliphatic rings. The van der Waals surface area contributed by atoms with Gasteiger partial charge in [-0.25, -0.2) is 14.5 Å². The summed E-state index contributed by atoms with van der Waals surface area (Å²) < 4.78 is 3.55. The highest BCUT2D eigenvalue weighted by molar-refractivity contribution is 5.90. The summed E-state index contributed by atoms with van der Waals surface area (Å²) in [6.45, 7) is 6.10. The highest BCUT2D eigenvalue weighted by Gasteiger charge is 2.15. The number of nitrogens with zero attached hydrogens (tertiary/aromatic N) is 6. The molecule has 126 valence electrons. The summed E-state index contributed by atoms with van der Waals surface area (Å²) in [7, 11) is 0. The first-order chi connectivity index (χ1) is 12.0. The molecule has 0 unspecified atom stereocenters. The normalized spacial score (nSPS) is 11.3. The molecule has 8 nitrogen and oxygen atoms in total. The fraction of sp³-hybridized carbons (Fsp3) is 0.235. The van der Waals surface area contributed by atoms with E-state index in [-0.39, 0.29) is 11.7 Å². The molecule has 4 heterocycles. The summed E-state index contributed by atoms with van der Waals surface area (Å²) in [5.74, 6) is 0.170. The van der Waals surface area contributed by atoms with Crippen molar-refractivity contribution >= 4 is 17.3 Å². The smallest absolute Gasteiger partial charge is 0.291 e. The van der Waals surface area contributed by atoms with E-state index in [0.29, 0.717) is 12.3 Å². The summed E-state index contributed by atoms with van der Waals surface area (Å²) in [6.07, 6.45) is 1.91. The second kappa shape index (κ2) is 5.66. The molecule has 4 aromatic heterocycles. The van der Waals surface area contributed by atoms with Gasteiger partial charge >= 0.3 is 0 Å². The van der Waals surface area contributed by atoms with Crippen LogP contribution >= 0.6 is 0 Å². The van der Waals surface area contributed by atoms with Crippen LogP contribution in [0.4, 0.5) is 0 Å². The third kappa shape index (κ3) is 2.71. The van der Waals surface area contributed by atoms with Crippen molar-refractivity contribution in [2.24, 2.45) is 0 Å². The summed E-state index contributed by atoms with van der Waals surface area (Å²) >= 11 is 0. The number of rotatable bonds is 3. The topological polar surface area (TPSA) is 89.5 Å². The van der Waals surface area contributed by atoms with Crippen LogP contribution in [0, 0.1) is 20.8 Å². The van der Waals surface area contributed by atoms with Crippen LogP contribution in [-0.2, 0) is 6.54 Å². The lowest BCUT2D eigenvalue weighted by molar-refractivity contribution is 0.0940. The first kappa shape index (κ1) is 15.3. The van der Waals surface area contributed by atoms with Gasteiger partial charge in [0.15, 0.2) is 0 Å². The van der Waals surface area contributed by atoms with Crippen molar-refractivity contribution in [3.8, 4) is 0 Å². The zero-order chi connectivity index (χ0) is 17.6. The van der Waals surface area contributed by atoms with Crippen LogP contribution in [0.2, 0.25) is 0 Å². The molecule has 8 heteroatoms. The van der Waals surface area contributed by atoms with Gasteiger partial charge in [-0.1, -0.05) is 6.07 Å². The SMILES string of the molecule is Cc1cc(C)n2nc(C(=O)NCc3cn4c(C)cccc4n3)nc2n1. The minimum absolute atomic E-state index is 0.0983. The predicted octanol–water partition coefficient (Wildman–Crippen LogP) is 1.63. The molecule has 0 atom stereocenters. The Labute approximate surface area is 143 Å². The number of aromatic nitrogens is 6. The fourth-order valence-electron chi connectivity index (χ4n) is 2.80. The van der Waals surface area contributed by atoms with Crippen molar-refractivity contribution in [3.63, 3.8) is 0 Å². The van der Waals surface area contributed by atoms with E-state index < -0.39 is 0 Å². The van der Waals surface area contributed by atoms with Gasteiger partial charge in [0.2, 0.25) is 5.82 Å². The molecule has 0 radical (unpaired) electrons. The van der Waals surface area contributed by atoms with Crippen molar-refractivity contribution in [2.45, 2.75) is 27.3 Å². The van der Waals surface area contributed by atoms with Gasteiger partial charge in [-0.2, -0.15) is 4.98 Å². The Kier molecular flexibility index (Phi) is 3.45. The molecule has 1 amide bonds. The van der Waals surface area contributed by atoms with E-state index in [1.54, 1.807) is 4.52 Å². The molecule has 0 aliphatic carbocycles. The largest absolute Gasteiger partial charge is 0.344 e. The number of hydrogen-bond acceptors (Lipinski definition) is 5. The van der Waals surface area contributed by atoms with E-state index in [4.69, 9.17) is 0 Å². The number of hydrogen-bond donors (Lipinski definition) is 1. The lowest BCUT2D eigenvalue weighted by atomic mass is 10.4. The van der Waals surface area contributed by atoms with Gasteiger partial charge < -0.3 is 9.72 Å². The second-order valence-corrected chi connectivity index (χ2v) is 6.00. The number of nitrogens with one attached hydrogen (secondary N) is 1. The number of imidazole rings is 1. The van der Waals surface area contributed by atoms with Gasteiger partial charge in [-0.3, -0.25) is 4.79 Å². The Morgan fingerprint density at radius 2 is 1.96 bits per heavy atom. The maximum absolute atomic E-state index is 12.4. The Hall–Kier alpha value is -3.29. The van der Waals surface area contributed by atoms with Gasteiger partial charge in [0.25, 0.3) is 11.7 Å². The van der Waals surface area contributed by atoms with E-state index >= 15 is 0 Å². The summed E-state index contributed by atoms with van der Waals surface area (Å²) in [4.78, 5) is 25.3. The number of amides is 1. The Morgan fingerprint density at radius 3 is 2.76 bits per heavy atom. The predicted molar refractivity (Wildman–Crippen MR) is 91.4 cm³/mol. The van der Waals surface area contributed by atoms with Crippen LogP contribution < -0.4 is 5.32 Å². The van der Waals surface area contributed by atoms with Crippen LogP contribution in [0.25, 0.3) is 11.4 Å². The Bertz CT molecular complexity index is 1110. The first-order valence-electron chi connectivity index (χ1n) is 7.94. The molecule has 0 aliphatic heterocycles. The highest BCUT2D eigenvalue weighted by atomic mass is 16.2. The Balaban J connectivity index is 1.55. The number of pyridine rings is 1. The number of carbonyl (C=O) groups is 1. The molecule has 0 fully saturated rings. The molecule has 0 saturated carbocycles. The fourth-order valence-corrected chi connectivity index (χ4v) is 2.80. The third-order valence-electron chi connectivity index (χ3n) is 4.00. The van der Waals surface area contributed by atoms with Crippen molar-refractivity contribution in [1.82, 2.24) is 34.3 Å². The van der Waals surface area contributed by atoms with Gasteiger partial charge in [-0.05, 0) is 39.0 Å². The minimum atomic E-state index is -0.351. The van der Waals surface area contributed by atoms with Crippen molar-refractivity contribution < 1.29 is 4.79 Å². The molecule has 4 aromatic rings. The summed E-state index contributed by atoms with van der Waals surface area (Å²) in [6, 6.07) is 7.79. The standard InChI is InChI=1S/C17H17N7O/c1-10-7-12(3)24-17(19-10)21-15(22-24)16(25)18-8-13-9-23-11(2)5-4-6-14(23)20-13/h4-7,9H,8H2,1-3H3,(H,18,25). The van der Waals surface area contributed by atoms with E-state index in [1.807, 2.05) is 55.6 Å². The van der Waals surface area contributed by atoms with E-state index in [2.05, 4.69) is 25.4 Å². The minimum Gasteiger partial charge on any atom is -0.344 e. The van der Waals surface area contributed by atoms with Gasteiger partial charge in [0, 0.05) is 23.3 Å². The number of aryl methyl sites for hydroxylation is 3. The molecule has 0 saturated heterocycles. The lowest BCUT2D eigenvalue weighted by Gasteiger charge is -1.98. The van der Waals surface area contributed by atoms with Crippen molar-refractivity contribution in [2.75, 3.05) is 0 Å². The molecule has 25 heavy (non-hydrogen) atoms. The number of fused-ring (bicyclic) bond motifs is 2. The summed E-state index contributed by atoms with van der Waals surface area (Å²) in [5, 5.41) is 7.04. The van der Waals surface area contributed by atoms with Crippen LogP contribution in [0.15, 0.2) is 30.5 Å². The van der Waals surface area contributed by atoms with Gasteiger partial charge in [-0.15, -0.1) is 5.10 Å². The lowest BCUT2D eigenvalue weighted by Crippen LogP contribution is -2.24. The molecule has 0 bridgehead atoms. The molecule has 1 N–H and O–H groups in total. The number of carbonyl (C=O) groups excluding carboxylic acids is 1. The van der Waals surface area contributed by atoms with Crippen LogP contribution in [0.3, 0.4) is 0 Å². The van der Waals surface area contributed by atoms with E-state index in [0.717, 1.165) is 28.4 Å². The molecular formula is C17H17N7O. The molecule has 4 rings (SSSR count). The quantitative estimate of drug-likeness (QED) is 0.614. The first-order valence-corrected chi connectivity index (χ1v) is 7.94. The van der Waals surface area contributed by atoms with Crippen molar-refractivity contribution in [3.05, 3.63) is 59.1 Å². The van der Waals surface area contributed by atoms with E-state index in [1.165, 1.54) is 0 Å². The molecule has 0 aromatic carbocycles. The average Bonchev–Trinajstić information content (AvgIpc) is 3.17. The van der Waals surface area contributed by atoms with Gasteiger partial charge in [0.1, 0.15) is 5.65 Å². The zero-order valence-electron chi connectivity index (χ0n) is 14.2. The maximum Gasteiger partial charge on any atom is 0.291 e. The maximum atomic E-state index is 12.4. The Morgan fingerprint density at radius 1 is 1.12 bits per heavy atom. The average molecular weight is 335 g/mol. The van der Waals surface area contributed by atoms with Crippen LogP contribution in [0.1, 0.15) is 33.4 Å². The van der Waals surface area contributed by atoms with Gasteiger partial charge in [0.05, 0.1) is 12.2 Å². The summed E-state index contributed by atoms with van der Waals surface area (Å²) in [5.41, 5.74) is 4.43. The molecular weight excluding hydrogens is 318 g/mol. The molecule has 0 spiro atoms. The zero-order valence-corrected chi connectivity index (χ0v) is 14.2. The van der Waals surface area contributed by atoms with Crippen LogP contribution in [-0.4, -0.2) is 34.9 Å². The second-order valence-electron chi connectivity index (χ2n) is 6.00. The third-order valence-corrected chi connectivity index (χ3v) is 4.00. The van der Waals surface area contributed by atoms with Crippen LogP contribution in [0.5, 0.6) is 0 Å². The highest BCUT2D eigenvalue weighted by Crippen LogP contribution is 2.09. The monoisotopic (exact) mass is 335 g/mol. The van der Waals surface area contributed by atoms with Crippen molar-refractivity contribution in [1.29, 1.82) is 0 Å².